The average molecular weight is 425 g/mol. The number of benzene rings is 3. The quantitative estimate of drug-likeness (QED) is 0.358. The molecule has 0 aliphatic carbocycles. The zero-order chi connectivity index (χ0) is 22.1. The van der Waals surface area contributed by atoms with Gasteiger partial charge in [0.15, 0.2) is 0 Å². The van der Waals surface area contributed by atoms with E-state index in [-0.39, 0.29) is 18.0 Å². The molecule has 4 rings (SSSR count). The molecule has 158 valence electrons. The molecule has 1 aliphatic heterocycles. The number of ether oxygens (including phenoxy) is 1. The van der Waals surface area contributed by atoms with Crippen molar-refractivity contribution in [2.24, 2.45) is 5.73 Å². The van der Waals surface area contributed by atoms with Gasteiger partial charge in [0.05, 0.1) is 12.2 Å². The van der Waals surface area contributed by atoms with E-state index in [1.807, 2.05) is 0 Å². The smallest absolute Gasteiger partial charge is 0.288 e. The van der Waals surface area contributed by atoms with E-state index in [0.717, 1.165) is 0 Å². The molecule has 8 heteroatoms. The molecule has 1 atom stereocenters. The van der Waals surface area contributed by atoms with Crippen molar-refractivity contribution in [2.75, 3.05) is 4.90 Å². The molecule has 0 bridgehead atoms. The minimum atomic E-state index is -2.94. The fourth-order valence-electron chi connectivity index (χ4n) is 3.51. The molecule has 0 aromatic heterocycles. The molecular weight excluding hydrogens is 407 g/mol. The Balaban J connectivity index is 1.66. The fourth-order valence-corrected chi connectivity index (χ4v) is 3.51. The number of carbonyl (C=O) groups is 1. The third-order valence-electron chi connectivity index (χ3n) is 5.04. The van der Waals surface area contributed by atoms with Crippen molar-refractivity contribution in [1.29, 1.82) is 5.41 Å². The Morgan fingerprint density at radius 2 is 1.68 bits per heavy atom. The Hall–Kier alpha value is -3.65. The van der Waals surface area contributed by atoms with Gasteiger partial charge >= 0.3 is 0 Å². The lowest BCUT2D eigenvalue weighted by atomic mass is 10.0. The number of para-hydroxylation sites is 1. The summed E-state index contributed by atoms with van der Waals surface area (Å²) in [6, 6.07) is 17.9. The molecule has 3 aromatic carbocycles. The van der Waals surface area contributed by atoms with Gasteiger partial charge in [0.25, 0.3) is 12.3 Å². The van der Waals surface area contributed by atoms with E-state index in [4.69, 9.17) is 15.9 Å². The number of nitrogens with two attached hydrogens (primary N) is 1. The normalized spacial score (nSPS) is 14.0. The topological polar surface area (TPSA) is 79.4 Å². The van der Waals surface area contributed by atoms with Crippen LogP contribution in [0, 0.1) is 11.2 Å². The summed E-state index contributed by atoms with van der Waals surface area (Å²) in [4.78, 5) is 14.7. The third kappa shape index (κ3) is 3.89. The van der Waals surface area contributed by atoms with Crippen LogP contribution in [0.5, 0.6) is 0 Å². The number of fused-ring (bicyclic) bond motifs is 1. The van der Waals surface area contributed by atoms with Gasteiger partial charge in [-0.2, -0.15) is 0 Å². The van der Waals surface area contributed by atoms with Crippen LogP contribution in [0.4, 0.5) is 18.9 Å². The van der Waals surface area contributed by atoms with Gasteiger partial charge in [-0.3, -0.25) is 15.9 Å². The van der Waals surface area contributed by atoms with Crippen LogP contribution >= 0.6 is 0 Å². The molecule has 3 N–H and O–H groups in total. The summed E-state index contributed by atoms with van der Waals surface area (Å²) in [5.41, 5.74) is 7.82. The van der Waals surface area contributed by atoms with Crippen molar-refractivity contribution in [2.45, 2.75) is 19.2 Å². The Kier molecular flexibility index (Phi) is 5.48. The molecule has 1 amide bonds. The van der Waals surface area contributed by atoms with Crippen molar-refractivity contribution in [3.63, 3.8) is 0 Å². The third-order valence-corrected chi connectivity index (χ3v) is 5.04. The number of nitrogens with zero attached hydrogens (tertiary/aromatic N) is 1. The van der Waals surface area contributed by atoms with Crippen LogP contribution in [0.3, 0.4) is 0 Å². The Labute approximate surface area is 176 Å². The first-order valence-electron chi connectivity index (χ1n) is 9.45. The molecule has 0 radical (unpaired) electrons. The zero-order valence-electron chi connectivity index (χ0n) is 16.2. The largest absolute Gasteiger partial charge is 0.453 e. The van der Waals surface area contributed by atoms with Gasteiger partial charge < -0.3 is 9.64 Å². The molecule has 0 saturated heterocycles. The highest BCUT2D eigenvalue weighted by Crippen LogP contribution is 2.37. The van der Waals surface area contributed by atoms with Crippen molar-refractivity contribution < 1.29 is 22.7 Å². The van der Waals surface area contributed by atoms with E-state index in [0.29, 0.717) is 27.9 Å². The van der Waals surface area contributed by atoms with Gasteiger partial charge in [-0.25, -0.2) is 13.2 Å². The second-order valence-corrected chi connectivity index (χ2v) is 7.01. The van der Waals surface area contributed by atoms with Crippen molar-refractivity contribution in [3.05, 3.63) is 89.2 Å². The predicted octanol–water partition coefficient (Wildman–Crippen LogP) is 4.54. The summed E-state index contributed by atoms with van der Waals surface area (Å²) in [5.74, 6) is -1.29. The first kappa shape index (κ1) is 20.6. The molecular formula is C23H18F3N3O2. The van der Waals surface area contributed by atoms with E-state index in [1.165, 1.54) is 23.1 Å². The number of hydrogen-bond acceptors (Lipinski definition) is 4. The van der Waals surface area contributed by atoms with Gasteiger partial charge in [-0.05, 0) is 29.8 Å². The van der Waals surface area contributed by atoms with E-state index < -0.39 is 24.4 Å². The summed E-state index contributed by atoms with van der Waals surface area (Å²) >= 11 is 0. The van der Waals surface area contributed by atoms with Gasteiger partial charge in [-0.1, -0.05) is 42.5 Å². The monoisotopic (exact) mass is 425 g/mol. The minimum absolute atomic E-state index is 0.160. The molecule has 1 unspecified atom stereocenters. The lowest BCUT2D eigenvalue weighted by Gasteiger charge is -2.20. The first-order chi connectivity index (χ1) is 14.9. The lowest BCUT2D eigenvalue weighted by molar-refractivity contribution is 0.00821. The van der Waals surface area contributed by atoms with Crippen LogP contribution in [-0.4, -0.2) is 24.5 Å². The highest BCUT2D eigenvalue weighted by atomic mass is 19.3. The molecule has 3 aromatic rings. The van der Waals surface area contributed by atoms with Crippen LogP contribution in [0.25, 0.3) is 11.1 Å². The van der Waals surface area contributed by atoms with Crippen LogP contribution in [0.15, 0.2) is 66.7 Å². The van der Waals surface area contributed by atoms with E-state index >= 15 is 0 Å². The minimum Gasteiger partial charge on any atom is -0.453 e. The maximum Gasteiger partial charge on any atom is 0.288 e. The number of anilines is 1. The summed E-state index contributed by atoms with van der Waals surface area (Å²) in [6.07, 6.45) is -4.87. The Morgan fingerprint density at radius 3 is 2.39 bits per heavy atom. The van der Waals surface area contributed by atoms with Crippen LogP contribution in [0.1, 0.15) is 21.5 Å². The zero-order valence-corrected chi connectivity index (χ0v) is 16.2. The number of rotatable bonds is 5. The molecule has 1 aliphatic rings. The van der Waals surface area contributed by atoms with Crippen LogP contribution in [0.2, 0.25) is 0 Å². The number of hydrogen-bond donors (Lipinski definition) is 2. The van der Waals surface area contributed by atoms with Gasteiger partial charge in [0.2, 0.25) is 12.1 Å². The molecule has 0 spiro atoms. The number of alkyl halides is 2. The van der Waals surface area contributed by atoms with E-state index in [9.17, 15) is 18.0 Å². The van der Waals surface area contributed by atoms with Crippen LogP contribution < -0.4 is 10.6 Å². The lowest BCUT2D eigenvalue weighted by Crippen LogP contribution is -2.34. The number of amides is 1. The average Bonchev–Trinajstić information content (AvgIpc) is 3.09. The van der Waals surface area contributed by atoms with Gasteiger partial charge in [0, 0.05) is 22.3 Å². The van der Waals surface area contributed by atoms with Crippen molar-refractivity contribution in [3.8, 4) is 11.1 Å². The highest BCUT2D eigenvalue weighted by Gasteiger charge is 2.31. The molecule has 5 nitrogen and oxygen atoms in total. The Morgan fingerprint density at radius 1 is 1.00 bits per heavy atom. The van der Waals surface area contributed by atoms with Crippen molar-refractivity contribution >= 4 is 17.5 Å². The summed E-state index contributed by atoms with van der Waals surface area (Å²) in [5, 5.41) is 7.86. The molecule has 0 fully saturated rings. The van der Waals surface area contributed by atoms with Crippen LogP contribution in [-0.2, 0) is 11.3 Å². The fraction of sp³-hybridized carbons (Fsp3) is 0.130. The number of carbonyl (C=O) groups excluding carboxylic acids is 1. The number of halogens is 3. The molecule has 1 heterocycles. The molecule has 31 heavy (non-hydrogen) atoms. The summed E-state index contributed by atoms with van der Waals surface area (Å²) < 4.78 is 44.3. The summed E-state index contributed by atoms with van der Waals surface area (Å²) in [6.45, 7) is 0.255. The van der Waals surface area contributed by atoms with Crippen molar-refractivity contribution in [1.82, 2.24) is 0 Å². The first-order valence-corrected chi connectivity index (χ1v) is 9.45. The maximum absolute atomic E-state index is 14.4. The van der Waals surface area contributed by atoms with E-state index in [2.05, 4.69) is 0 Å². The predicted molar refractivity (Wildman–Crippen MR) is 111 cm³/mol. The highest BCUT2D eigenvalue weighted by molar-refractivity contribution is 6.12. The standard InChI is InChI=1S/C23H18F3N3O2/c24-18-7-3-1-5-15(18)16-6-2-4-8-19(16)29-12-14-10-9-13(11-17(14)23(29)30)21(27)31-22(28)20(25)26/h1-11,20,22,27H,12,28H2. The SMILES string of the molecule is N=C(OC(N)C(F)F)c1ccc2c(c1)C(=O)N(c1ccccc1-c1ccccc1F)C2. The van der Waals surface area contributed by atoms with E-state index in [1.54, 1.807) is 48.5 Å². The summed E-state index contributed by atoms with van der Waals surface area (Å²) in [7, 11) is 0. The second-order valence-electron chi connectivity index (χ2n) is 7.01. The number of nitrogens with one attached hydrogen (secondary N) is 1. The maximum atomic E-state index is 14.4. The van der Waals surface area contributed by atoms with Gasteiger partial charge in [-0.15, -0.1) is 0 Å². The second kappa shape index (κ2) is 8.23. The molecule has 0 saturated carbocycles. The Bertz CT molecular complexity index is 1170. The van der Waals surface area contributed by atoms with Gasteiger partial charge in [0.1, 0.15) is 5.82 Å².